The van der Waals surface area contributed by atoms with Gasteiger partial charge in [-0.2, -0.15) is 0 Å². The van der Waals surface area contributed by atoms with Crippen LogP contribution in [0.3, 0.4) is 0 Å². The summed E-state index contributed by atoms with van der Waals surface area (Å²) >= 11 is 1.51. The van der Waals surface area contributed by atoms with E-state index in [1.54, 1.807) is 19.2 Å². The number of fused-ring (bicyclic) bond motifs is 2. The van der Waals surface area contributed by atoms with Gasteiger partial charge in [-0.15, -0.1) is 11.3 Å². The molecule has 38 heavy (non-hydrogen) atoms. The molecule has 0 bridgehead atoms. The lowest BCUT2D eigenvalue weighted by Gasteiger charge is -2.08. The molecule has 0 spiro atoms. The molecule has 0 saturated heterocycles. The van der Waals surface area contributed by atoms with E-state index in [0.717, 1.165) is 38.6 Å². The van der Waals surface area contributed by atoms with Crippen LogP contribution in [0.15, 0.2) is 76.8 Å². The maximum absolute atomic E-state index is 11.7. The standard InChI is InChI=1S/C29H23N3O5S/c1-17-4-9-27-31-23(14-32(27)13-17)26-12-22-24(10-21(34-2)11-25(22)37-26)36-15-20-16-38-28(30-20)18-5-7-19(8-6-18)29(33)35-3/h4-14,16H,15H2,1-3H3. The summed E-state index contributed by atoms with van der Waals surface area (Å²) in [5.41, 5.74) is 5.58. The number of carbonyl (C=O) groups is 1. The van der Waals surface area contributed by atoms with E-state index in [4.69, 9.17) is 28.6 Å². The molecule has 0 fully saturated rings. The van der Waals surface area contributed by atoms with Gasteiger partial charge in [0.25, 0.3) is 0 Å². The monoisotopic (exact) mass is 525 g/mol. The van der Waals surface area contributed by atoms with E-state index in [2.05, 4.69) is 0 Å². The van der Waals surface area contributed by atoms with Gasteiger partial charge in [0, 0.05) is 35.5 Å². The molecule has 0 radical (unpaired) electrons. The van der Waals surface area contributed by atoms with E-state index in [1.165, 1.54) is 18.4 Å². The smallest absolute Gasteiger partial charge is 0.337 e. The highest BCUT2D eigenvalue weighted by molar-refractivity contribution is 7.13. The predicted molar refractivity (Wildman–Crippen MR) is 145 cm³/mol. The zero-order valence-corrected chi connectivity index (χ0v) is 21.7. The van der Waals surface area contributed by atoms with Crippen LogP contribution in [0.2, 0.25) is 0 Å². The minimum atomic E-state index is -0.368. The number of benzene rings is 2. The molecule has 6 aromatic rings. The zero-order chi connectivity index (χ0) is 26.2. The second-order valence-electron chi connectivity index (χ2n) is 8.75. The van der Waals surface area contributed by atoms with E-state index in [0.29, 0.717) is 28.4 Å². The van der Waals surface area contributed by atoms with E-state index in [9.17, 15) is 4.79 Å². The molecule has 0 aliphatic rings. The Morgan fingerprint density at radius 3 is 2.66 bits per heavy atom. The van der Waals surface area contributed by atoms with Gasteiger partial charge in [0.05, 0.1) is 30.9 Å². The summed E-state index contributed by atoms with van der Waals surface area (Å²) in [4.78, 5) is 21.1. The molecule has 9 heteroatoms. The fraction of sp³-hybridized carbons (Fsp3) is 0.138. The highest BCUT2D eigenvalue weighted by atomic mass is 32.1. The number of nitrogens with zero attached hydrogens (tertiary/aromatic N) is 3. The van der Waals surface area contributed by atoms with E-state index < -0.39 is 0 Å². The van der Waals surface area contributed by atoms with Crippen molar-refractivity contribution >= 4 is 33.9 Å². The van der Waals surface area contributed by atoms with Crippen molar-refractivity contribution in [2.45, 2.75) is 13.5 Å². The number of pyridine rings is 1. The number of imidazole rings is 1. The highest BCUT2D eigenvalue weighted by Crippen LogP contribution is 2.37. The normalized spacial score (nSPS) is 11.2. The van der Waals surface area contributed by atoms with Crippen LogP contribution in [0.5, 0.6) is 11.5 Å². The van der Waals surface area contributed by atoms with Gasteiger partial charge in [-0.05, 0) is 36.8 Å². The van der Waals surface area contributed by atoms with Crippen molar-refractivity contribution in [2.24, 2.45) is 0 Å². The van der Waals surface area contributed by atoms with Crippen molar-refractivity contribution in [3.63, 3.8) is 0 Å². The third kappa shape index (κ3) is 4.48. The predicted octanol–water partition coefficient (Wildman–Crippen LogP) is 6.55. The van der Waals surface area contributed by atoms with Gasteiger partial charge in [-0.3, -0.25) is 0 Å². The fourth-order valence-electron chi connectivity index (χ4n) is 4.19. The Morgan fingerprint density at radius 2 is 1.87 bits per heavy atom. The molecule has 2 aromatic carbocycles. The number of aromatic nitrogens is 3. The molecule has 6 rings (SSSR count). The Hall–Kier alpha value is -4.63. The van der Waals surface area contributed by atoms with Crippen LogP contribution < -0.4 is 9.47 Å². The van der Waals surface area contributed by atoms with E-state index in [1.807, 2.05) is 71.6 Å². The van der Waals surface area contributed by atoms with Gasteiger partial charge >= 0.3 is 5.97 Å². The number of aryl methyl sites for hydroxylation is 1. The summed E-state index contributed by atoms with van der Waals surface area (Å²) in [6.45, 7) is 2.31. The second kappa shape index (κ2) is 9.68. The van der Waals surface area contributed by atoms with Crippen molar-refractivity contribution in [1.29, 1.82) is 0 Å². The number of hydrogen-bond donors (Lipinski definition) is 0. The average Bonchev–Trinajstić information content (AvgIpc) is 3.69. The number of methoxy groups -OCH3 is 2. The van der Waals surface area contributed by atoms with Crippen molar-refractivity contribution in [3.05, 3.63) is 89.2 Å². The molecule has 0 N–H and O–H groups in total. The quantitative estimate of drug-likeness (QED) is 0.218. The van der Waals surface area contributed by atoms with Crippen LogP contribution >= 0.6 is 11.3 Å². The number of ether oxygens (including phenoxy) is 3. The summed E-state index contributed by atoms with van der Waals surface area (Å²) in [6.07, 6.45) is 3.98. The van der Waals surface area contributed by atoms with Gasteiger partial charge in [-0.1, -0.05) is 18.2 Å². The lowest BCUT2D eigenvalue weighted by atomic mass is 10.1. The van der Waals surface area contributed by atoms with Crippen LogP contribution in [-0.4, -0.2) is 34.6 Å². The van der Waals surface area contributed by atoms with Gasteiger partial charge in [0.2, 0.25) is 0 Å². The lowest BCUT2D eigenvalue weighted by molar-refractivity contribution is 0.0600. The first-order chi connectivity index (χ1) is 18.5. The number of furan rings is 1. The van der Waals surface area contributed by atoms with Crippen LogP contribution in [0, 0.1) is 6.92 Å². The van der Waals surface area contributed by atoms with Crippen molar-refractivity contribution in [1.82, 2.24) is 14.4 Å². The topological polar surface area (TPSA) is 88.1 Å². The molecule has 0 unspecified atom stereocenters. The minimum absolute atomic E-state index is 0.271. The van der Waals surface area contributed by atoms with Gasteiger partial charge < -0.3 is 23.0 Å². The maximum Gasteiger partial charge on any atom is 0.337 e. The Bertz CT molecular complexity index is 1780. The summed E-state index contributed by atoms with van der Waals surface area (Å²) < 4.78 is 24.6. The summed E-state index contributed by atoms with van der Waals surface area (Å²) in [7, 11) is 2.97. The van der Waals surface area contributed by atoms with Crippen LogP contribution in [0.25, 0.3) is 38.6 Å². The molecule has 0 saturated carbocycles. The first kappa shape index (κ1) is 23.7. The molecular formula is C29H23N3O5S. The van der Waals surface area contributed by atoms with Gasteiger partial charge in [0.1, 0.15) is 40.0 Å². The largest absolute Gasteiger partial charge is 0.496 e. The third-order valence-corrected chi connectivity index (χ3v) is 7.08. The Morgan fingerprint density at radius 1 is 1.03 bits per heavy atom. The molecule has 0 atom stereocenters. The average molecular weight is 526 g/mol. The maximum atomic E-state index is 11.7. The zero-order valence-electron chi connectivity index (χ0n) is 20.9. The second-order valence-corrected chi connectivity index (χ2v) is 9.61. The highest BCUT2D eigenvalue weighted by Gasteiger charge is 2.16. The molecular weight excluding hydrogens is 502 g/mol. The number of thiazole rings is 1. The summed E-state index contributed by atoms with van der Waals surface area (Å²) in [5.74, 6) is 1.54. The number of hydrogen-bond acceptors (Lipinski definition) is 8. The molecule has 0 aliphatic heterocycles. The fourth-order valence-corrected chi connectivity index (χ4v) is 5.00. The van der Waals surface area contributed by atoms with E-state index in [-0.39, 0.29) is 12.6 Å². The lowest BCUT2D eigenvalue weighted by Crippen LogP contribution is -2.00. The Kier molecular flexibility index (Phi) is 6.05. The van der Waals surface area contributed by atoms with Crippen molar-refractivity contribution < 1.29 is 23.4 Å². The molecule has 0 aliphatic carbocycles. The first-order valence-electron chi connectivity index (χ1n) is 11.8. The number of esters is 1. The van der Waals surface area contributed by atoms with Crippen LogP contribution in [-0.2, 0) is 11.3 Å². The van der Waals surface area contributed by atoms with E-state index >= 15 is 0 Å². The molecule has 8 nitrogen and oxygen atoms in total. The summed E-state index contributed by atoms with van der Waals surface area (Å²) in [6, 6.07) is 16.8. The number of carbonyl (C=O) groups excluding carboxylic acids is 1. The summed E-state index contributed by atoms with van der Waals surface area (Å²) in [5, 5.41) is 3.62. The SMILES string of the molecule is COC(=O)c1ccc(-c2nc(COc3cc(OC)cc4oc(-c5cn6cc(C)ccc6n5)cc34)cs2)cc1. The van der Waals surface area contributed by atoms with Crippen LogP contribution in [0.1, 0.15) is 21.6 Å². The first-order valence-corrected chi connectivity index (χ1v) is 12.7. The van der Waals surface area contributed by atoms with Crippen LogP contribution in [0.4, 0.5) is 0 Å². The van der Waals surface area contributed by atoms with Crippen molar-refractivity contribution in [2.75, 3.05) is 14.2 Å². The third-order valence-electron chi connectivity index (χ3n) is 6.14. The van der Waals surface area contributed by atoms with Crippen molar-refractivity contribution in [3.8, 4) is 33.5 Å². The Balaban J connectivity index is 1.26. The molecule has 4 aromatic heterocycles. The Labute approximate surface area is 222 Å². The molecule has 190 valence electrons. The minimum Gasteiger partial charge on any atom is -0.496 e. The van der Waals surface area contributed by atoms with Gasteiger partial charge in [-0.25, -0.2) is 14.8 Å². The molecule has 0 amide bonds. The molecule has 4 heterocycles. The van der Waals surface area contributed by atoms with Gasteiger partial charge in [0.15, 0.2) is 5.76 Å². The number of rotatable bonds is 7.